The monoisotopic (exact) mass is 330 g/mol. The van der Waals surface area contributed by atoms with E-state index >= 15 is 0 Å². The second-order valence-corrected chi connectivity index (χ2v) is 6.87. The van der Waals surface area contributed by atoms with E-state index in [1.54, 1.807) is 0 Å². The maximum Gasteiger partial charge on any atom is 0.167 e. The van der Waals surface area contributed by atoms with Gasteiger partial charge in [0.15, 0.2) is 5.78 Å². The number of rotatable bonds is 3. The first-order valence-electron chi connectivity index (χ1n) is 6.75. The Labute approximate surface area is 129 Å². The first kappa shape index (κ1) is 15.0. The minimum Gasteiger partial charge on any atom is -0.294 e. The number of halogens is 1. The number of carbonyl (C=O) groups is 1. The molecule has 104 valence electrons. The van der Waals surface area contributed by atoms with Crippen LogP contribution in [0.3, 0.4) is 0 Å². The van der Waals surface area contributed by atoms with Gasteiger partial charge in [0.1, 0.15) is 0 Å². The molecule has 0 saturated heterocycles. The van der Waals surface area contributed by atoms with E-state index in [0.717, 1.165) is 15.6 Å². The lowest BCUT2D eigenvalue weighted by atomic mass is 9.86. The van der Waals surface area contributed by atoms with E-state index in [4.69, 9.17) is 0 Å². The Hall–Kier alpha value is -1.41. The van der Waals surface area contributed by atoms with Crippen molar-refractivity contribution in [3.8, 4) is 0 Å². The molecule has 2 heteroatoms. The fraction of sp³-hybridized carbons (Fsp3) is 0.278. The van der Waals surface area contributed by atoms with Crippen molar-refractivity contribution in [1.82, 2.24) is 0 Å². The van der Waals surface area contributed by atoms with Gasteiger partial charge in [-0.2, -0.15) is 0 Å². The van der Waals surface area contributed by atoms with E-state index < -0.39 is 0 Å². The van der Waals surface area contributed by atoms with E-state index in [9.17, 15) is 4.79 Å². The average Bonchev–Trinajstić information content (AvgIpc) is 2.40. The molecule has 0 spiro atoms. The number of carbonyl (C=O) groups excluding carboxylic acids is 1. The van der Waals surface area contributed by atoms with Crippen LogP contribution in [0.15, 0.2) is 53.0 Å². The summed E-state index contributed by atoms with van der Waals surface area (Å²) in [5.41, 5.74) is 3.16. The van der Waals surface area contributed by atoms with E-state index in [-0.39, 0.29) is 11.2 Å². The quantitative estimate of drug-likeness (QED) is 0.709. The van der Waals surface area contributed by atoms with Gasteiger partial charge in [-0.3, -0.25) is 4.79 Å². The number of benzene rings is 2. The first-order valence-corrected chi connectivity index (χ1v) is 7.54. The van der Waals surface area contributed by atoms with Crippen LogP contribution in [-0.4, -0.2) is 5.78 Å². The van der Waals surface area contributed by atoms with Crippen molar-refractivity contribution in [2.75, 3.05) is 0 Å². The van der Waals surface area contributed by atoms with Crippen molar-refractivity contribution in [3.63, 3.8) is 0 Å². The number of hydrogen-bond donors (Lipinski definition) is 0. The van der Waals surface area contributed by atoms with E-state index in [1.165, 1.54) is 5.56 Å². The Morgan fingerprint density at radius 2 is 1.60 bits per heavy atom. The smallest absolute Gasteiger partial charge is 0.167 e. The van der Waals surface area contributed by atoms with Gasteiger partial charge in [-0.05, 0) is 22.6 Å². The van der Waals surface area contributed by atoms with Crippen LogP contribution in [0.2, 0.25) is 0 Å². The van der Waals surface area contributed by atoms with Gasteiger partial charge in [0.05, 0.1) is 0 Å². The third-order valence-corrected chi connectivity index (χ3v) is 4.16. The van der Waals surface area contributed by atoms with Crippen molar-refractivity contribution in [2.24, 2.45) is 0 Å². The third-order valence-electron chi connectivity index (χ3n) is 3.38. The summed E-state index contributed by atoms with van der Waals surface area (Å²) in [6.07, 6.45) is 0.427. The minimum atomic E-state index is 0.115. The maximum atomic E-state index is 12.3. The highest BCUT2D eigenvalue weighted by molar-refractivity contribution is 9.10. The van der Waals surface area contributed by atoms with Gasteiger partial charge in [0.2, 0.25) is 0 Å². The van der Waals surface area contributed by atoms with E-state index in [0.29, 0.717) is 6.42 Å². The largest absolute Gasteiger partial charge is 0.294 e. The highest BCUT2D eigenvalue weighted by atomic mass is 79.9. The van der Waals surface area contributed by atoms with Crippen LogP contribution < -0.4 is 0 Å². The standard InChI is InChI=1S/C18H19BrO/c1-18(2,3)15-10-8-13(9-11-15)17(20)12-14-6-4-5-7-16(14)19/h4-11H,12H2,1-3H3. The molecule has 0 saturated carbocycles. The van der Waals surface area contributed by atoms with Crippen LogP contribution in [0.4, 0.5) is 0 Å². The van der Waals surface area contributed by atoms with Crippen molar-refractivity contribution in [1.29, 1.82) is 0 Å². The summed E-state index contributed by atoms with van der Waals surface area (Å²) in [6, 6.07) is 15.8. The van der Waals surface area contributed by atoms with Gasteiger partial charge < -0.3 is 0 Å². The van der Waals surface area contributed by atoms with Crippen molar-refractivity contribution < 1.29 is 4.79 Å². The lowest BCUT2D eigenvalue weighted by Gasteiger charge is -2.19. The lowest BCUT2D eigenvalue weighted by molar-refractivity contribution is 0.0992. The molecular weight excluding hydrogens is 312 g/mol. The molecule has 2 aromatic carbocycles. The fourth-order valence-corrected chi connectivity index (χ4v) is 2.50. The molecular formula is C18H19BrO. The van der Waals surface area contributed by atoms with Crippen LogP contribution in [0, 0.1) is 0 Å². The Kier molecular flexibility index (Phi) is 4.44. The normalized spacial score (nSPS) is 11.4. The molecule has 2 rings (SSSR count). The molecule has 1 nitrogen and oxygen atoms in total. The van der Waals surface area contributed by atoms with Crippen molar-refractivity contribution >= 4 is 21.7 Å². The number of hydrogen-bond acceptors (Lipinski definition) is 1. The molecule has 0 N–H and O–H groups in total. The Morgan fingerprint density at radius 3 is 2.15 bits per heavy atom. The molecule has 0 bridgehead atoms. The first-order chi connectivity index (χ1) is 9.38. The highest BCUT2D eigenvalue weighted by Gasteiger charge is 2.14. The Balaban J connectivity index is 2.16. The van der Waals surface area contributed by atoms with Gasteiger partial charge in [-0.15, -0.1) is 0 Å². The van der Waals surface area contributed by atoms with Gasteiger partial charge in [-0.1, -0.05) is 79.2 Å². The van der Waals surface area contributed by atoms with Crippen LogP contribution in [-0.2, 0) is 11.8 Å². The Morgan fingerprint density at radius 1 is 1.00 bits per heavy atom. The van der Waals surface area contributed by atoms with Gasteiger partial charge in [-0.25, -0.2) is 0 Å². The van der Waals surface area contributed by atoms with Crippen molar-refractivity contribution in [3.05, 3.63) is 69.7 Å². The summed E-state index contributed by atoms with van der Waals surface area (Å²) in [4.78, 5) is 12.3. The van der Waals surface area contributed by atoms with Gasteiger partial charge in [0.25, 0.3) is 0 Å². The van der Waals surface area contributed by atoms with E-state index in [1.807, 2.05) is 48.5 Å². The number of ketones is 1. The zero-order valence-electron chi connectivity index (χ0n) is 12.1. The molecule has 0 unspecified atom stereocenters. The molecule has 0 aliphatic carbocycles. The van der Waals surface area contributed by atoms with Crippen molar-refractivity contribution in [2.45, 2.75) is 32.6 Å². The highest BCUT2D eigenvalue weighted by Crippen LogP contribution is 2.23. The van der Waals surface area contributed by atoms with Crippen LogP contribution >= 0.6 is 15.9 Å². The summed E-state index contributed by atoms with van der Waals surface area (Å²) >= 11 is 3.48. The maximum absolute atomic E-state index is 12.3. The Bertz CT molecular complexity index is 606. The molecule has 0 aromatic heterocycles. The second kappa shape index (κ2) is 5.92. The molecule has 2 aromatic rings. The van der Waals surface area contributed by atoms with E-state index in [2.05, 4.69) is 36.7 Å². The van der Waals surface area contributed by atoms with Gasteiger partial charge >= 0.3 is 0 Å². The molecule has 0 aliphatic rings. The van der Waals surface area contributed by atoms with Crippen LogP contribution in [0.5, 0.6) is 0 Å². The predicted octanol–water partition coefficient (Wildman–Crippen LogP) is 5.17. The molecule has 20 heavy (non-hydrogen) atoms. The molecule has 0 heterocycles. The lowest BCUT2D eigenvalue weighted by Crippen LogP contribution is -2.11. The summed E-state index contributed by atoms with van der Waals surface area (Å²) in [7, 11) is 0. The summed E-state index contributed by atoms with van der Waals surface area (Å²) in [6.45, 7) is 6.51. The molecule has 0 atom stereocenters. The minimum absolute atomic E-state index is 0.115. The van der Waals surface area contributed by atoms with Crippen LogP contribution in [0.25, 0.3) is 0 Å². The molecule has 0 fully saturated rings. The third kappa shape index (κ3) is 3.57. The topological polar surface area (TPSA) is 17.1 Å². The summed E-state index contributed by atoms with van der Waals surface area (Å²) < 4.78 is 0.986. The fourth-order valence-electron chi connectivity index (χ4n) is 2.07. The van der Waals surface area contributed by atoms with Crippen LogP contribution in [0.1, 0.15) is 42.3 Å². The predicted molar refractivity (Wildman–Crippen MR) is 87.3 cm³/mol. The van der Waals surface area contributed by atoms with Gasteiger partial charge in [0, 0.05) is 16.5 Å². The molecule has 0 aliphatic heterocycles. The summed E-state index contributed by atoms with van der Waals surface area (Å²) in [5, 5.41) is 0. The number of Topliss-reactive ketones (excluding diaryl/α,β-unsaturated/α-hetero) is 1. The molecule has 0 radical (unpaired) electrons. The summed E-state index contributed by atoms with van der Waals surface area (Å²) in [5.74, 6) is 0.150. The zero-order chi connectivity index (χ0) is 14.8. The molecule has 0 amide bonds. The average molecular weight is 331 g/mol. The SMILES string of the molecule is CC(C)(C)c1ccc(C(=O)Cc2ccccc2Br)cc1. The zero-order valence-corrected chi connectivity index (χ0v) is 13.7. The second-order valence-electron chi connectivity index (χ2n) is 6.02.